The number of hydrogen-bond donors (Lipinski definition) is 0. The molecule has 1 aromatic heterocycles. The lowest BCUT2D eigenvalue weighted by Gasteiger charge is -2.24. The fraction of sp³-hybridized carbons (Fsp3) is 0.750. The number of rotatable bonds is 3. The van der Waals surface area contributed by atoms with Crippen LogP contribution in [0.4, 0.5) is 0 Å². The highest BCUT2D eigenvalue weighted by Gasteiger charge is 2.37. The topological polar surface area (TPSA) is 49.3 Å². The van der Waals surface area contributed by atoms with Crippen molar-refractivity contribution < 1.29 is 4.79 Å². The standard InChI is InChI=1S/C20H30N4O/c1-15-21-10-19(11-22-15)20(25)24-13-17-6-8-23(9-7-18(17)14-24)12-16-4-2-3-5-16/h10-11,16-18H,2-9,12-14H2,1H3/t17-,18+. The first kappa shape index (κ1) is 17.0. The summed E-state index contributed by atoms with van der Waals surface area (Å²) in [6.07, 6.45) is 11.6. The second-order valence-corrected chi connectivity index (χ2v) is 8.28. The highest BCUT2D eigenvalue weighted by Crippen LogP contribution is 2.33. The minimum atomic E-state index is 0.107. The fourth-order valence-corrected chi connectivity index (χ4v) is 4.99. The monoisotopic (exact) mass is 342 g/mol. The maximum Gasteiger partial charge on any atom is 0.257 e. The van der Waals surface area contributed by atoms with E-state index in [1.807, 2.05) is 11.8 Å². The summed E-state index contributed by atoms with van der Waals surface area (Å²) in [6.45, 7) is 7.41. The lowest BCUT2D eigenvalue weighted by atomic mass is 9.92. The highest BCUT2D eigenvalue weighted by molar-refractivity contribution is 5.93. The van der Waals surface area contributed by atoms with Gasteiger partial charge in [-0.3, -0.25) is 4.79 Å². The Bertz CT molecular complexity index is 580. The van der Waals surface area contributed by atoms with Gasteiger partial charge in [0, 0.05) is 32.0 Å². The molecule has 5 nitrogen and oxygen atoms in total. The Morgan fingerprint density at radius 1 is 1.04 bits per heavy atom. The van der Waals surface area contributed by atoms with Crippen LogP contribution in [0.1, 0.15) is 54.7 Å². The van der Waals surface area contributed by atoms with Gasteiger partial charge in [0.2, 0.25) is 0 Å². The number of carbonyl (C=O) groups excluding carboxylic acids is 1. The van der Waals surface area contributed by atoms with Crippen molar-refractivity contribution in [2.24, 2.45) is 17.8 Å². The normalized spacial score (nSPS) is 28.1. The zero-order valence-electron chi connectivity index (χ0n) is 15.4. The Morgan fingerprint density at radius 2 is 1.64 bits per heavy atom. The molecule has 0 aromatic carbocycles. The minimum absolute atomic E-state index is 0.107. The van der Waals surface area contributed by atoms with Crippen LogP contribution in [0.15, 0.2) is 12.4 Å². The van der Waals surface area contributed by atoms with Crippen molar-refractivity contribution >= 4 is 5.91 Å². The van der Waals surface area contributed by atoms with E-state index in [4.69, 9.17) is 0 Å². The molecule has 4 rings (SSSR count). The zero-order chi connectivity index (χ0) is 17.2. The van der Waals surface area contributed by atoms with E-state index in [0.717, 1.165) is 19.0 Å². The zero-order valence-corrected chi connectivity index (χ0v) is 15.4. The number of likely N-dealkylation sites (tertiary alicyclic amines) is 2. The summed E-state index contributed by atoms with van der Waals surface area (Å²) in [5, 5.41) is 0. The van der Waals surface area contributed by atoms with Gasteiger partial charge >= 0.3 is 0 Å². The lowest BCUT2D eigenvalue weighted by molar-refractivity contribution is 0.0779. The molecule has 0 radical (unpaired) electrons. The van der Waals surface area contributed by atoms with Gasteiger partial charge in [-0.25, -0.2) is 9.97 Å². The number of carbonyl (C=O) groups is 1. The van der Waals surface area contributed by atoms with Gasteiger partial charge in [0.1, 0.15) is 5.82 Å². The molecular formula is C20H30N4O. The van der Waals surface area contributed by atoms with Crippen LogP contribution in [0.25, 0.3) is 0 Å². The van der Waals surface area contributed by atoms with Gasteiger partial charge in [-0.15, -0.1) is 0 Å². The van der Waals surface area contributed by atoms with E-state index < -0.39 is 0 Å². The van der Waals surface area contributed by atoms with Crippen LogP contribution in [-0.4, -0.2) is 58.4 Å². The third-order valence-corrected chi connectivity index (χ3v) is 6.51. The minimum Gasteiger partial charge on any atom is -0.338 e. The Morgan fingerprint density at radius 3 is 2.24 bits per heavy atom. The second-order valence-electron chi connectivity index (χ2n) is 8.28. The third-order valence-electron chi connectivity index (χ3n) is 6.51. The molecule has 2 atom stereocenters. The average Bonchev–Trinajstić information content (AvgIpc) is 3.23. The first-order valence-electron chi connectivity index (χ1n) is 9.99. The van der Waals surface area contributed by atoms with E-state index in [0.29, 0.717) is 23.2 Å². The number of nitrogens with zero attached hydrogens (tertiary/aromatic N) is 4. The van der Waals surface area contributed by atoms with Crippen molar-refractivity contribution in [3.8, 4) is 0 Å². The molecule has 136 valence electrons. The Labute approximate surface area is 150 Å². The lowest BCUT2D eigenvalue weighted by Crippen LogP contribution is -2.33. The molecule has 2 saturated heterocycles. The van der Waals surface area contributed by atoms with Crippen LogP contribution in [0.2, 0.25) is 0 Å². The van der Waals surface area contributed by atoms with Gasteiger partial charge in [-0.2, -0.15) is 0 Å². The van der Waals surface area contributed by atoms with Gasteiger partial charge in [0.15, 0.2) is 0 Å². The SMILES string of the molecule is Cc1ncc(C(=O)N2C[C@H]3CCN(CC4CCCC4)CC[C@H]3C2)cn1. The molecule has 0 unspecified atom stereocenters. The van der Waals surface area contributed by atoms with Crippen molar-refractivity contribution in [3.63, 3.8) is 0 Å². The van der Waals surface area contributed by atoms with E-state index in [9.17, 15) is 4.79 Å². The molecule has 0 spiro atoms. The number of aromatic nitrogens is 2. The van der Waals surface area contributed by atoms with Gasteiger partial charge in [0.05, 0.1) is 5.56 Å². The maximum atomic E-state index is 12.7. The van der Waals surface area contributed by atoms with Crippen LogP contribution in [0, 0.1) is 24.7 Å². The summed E-state index contributed by atoms with van der Waals surface area (Å²) in [7, 11) is 0. The molecule has 3 fully saturated rings. The van der Waals surface area contributed by atoms with Crippen molar-refractivity contribution in [3.05, 3.63) is 23.8 Å². The molecular weight excluding hydrogens is 312 g/mol. The first-order chi connectivity index (χ1) is 12.2. The van der Waals surface area contributed by atoms with Crippen LogP contribution in [-0.2, 0) is 0 Å². The summed E-state index contributed by atoms with van der Waals surface area (Å²) in [4.78, 5) is 25.8. The van der Waals surface area contributed by atoms with Gasteiger partial charge in [-0.05, 0) is 63.5 Å². The molecule has 3 heterocycles. The number of hydrogen-bond acceptors (Lipinski definition) is 4. The first-order valence-corrected chi connectivity index (χ1v) is 9.99. The van der Waals surface area contributed by atoms with E-state index in [1.54, 1.807) is 12.4 Å². The smallest absolute Gasteiger partial charge is 0.257 e. The summed E-state index contributed by atoms with van der Waals surface area (Å²) in [5.41, 5.74) is 0.630. The predicted octanol–water partition coefficient (Wildman–Crippen LogP) is 2.76. The van der Waals surface area contributed by atoms with Crippen molar-refractivity contribution in [1.82, 2.24) is 19.8 Å². The Kier molecular flexibility index (Phi) is 5.02. The maximum absolute atomic E-state index is 12.7. The van der Waals surface area contributed by atoms with Crippen LogP contribution >= 0.6 is 0 Å². The quantitative estimate of drug-likeness (QED) is 0.847. The number of aryl methyl sites for hydroxylation is 1. The van der Waals surface area contributed by atoms with E-state index in [-0.39, 0.29) is 5.91 Å². The highest BCUT2D eigenvalue weighted by atomic mass is 16.2. The van der Waals surface area contributed by atoms with Crippen LogP contribution < -0.4 is 0 Å². The molecule has 5 heteroatoms. The second kappa shape index (κ2) is 7.40. The summed E-state index contributed by atoms with van der Waals surface area (Å²) >= 11 is 0. The predicted molar refractivity (Wildman–Crippen MR) is 97.3 cm³/mol. The summed E-state index contributed by atoms with van der Waals surface area (Å²) in [6, 6.07) is 0. The van der Waals surface area contributed by atoms with Gasteiger partial charge < -0.3 is 9.80 Å². The third kappa shape index (κ3) is 3.86. The number of fused-ring (bicyclic) bond motifs is 1. The molecule has 1 saturated carbocycles. The molecule has 1 amide bonds. The molecule has 1 aliphatic carbocycles. The van der Waals surface area contributed by atoms with Gasteiger partial charge in [-0.1, -0.05) is 12.8 Å². The molecule has 25 heavy (non-hydrogen) atoms. The molecule has 0 bridgehead atoms. The average molecular weight is 342 g/mol. The largest absolute Gasteiger partial charge is 0.338 e. The van der Waals surface area contributed by atoms with Crippen molar-refractivity contribution in [1.29, 1.82) is 0 Å². The molecule has 2 aliphatic heterocycles. The van der Waals surface area contributed by atoms with Crippen molar-refractivity contribution in [2.45, 2.75) is 45.4 Å². The van der Waals surface area contributed by atoms with E-state index >= 15 is 0 Å². The molecule has 0 N–H and O–H groups in total. The Balaban J connectivity index is 1.32. The summed E-state index contributed by atoms with van der Waals surface area (Å²) < 4.78 is 0. The van der Waals surface area contributed by atoms with Crippen molar-refractivity contribution in [2.75, 3.05) is 32.7 Å². The van der Waals surface area contributed by atoms with Gasteiger partial charge in [0.25, 0.3) is 5.91 Å². The van der Waals surface area contributed by atoms with E-state index in [1.165, 1.54) is 58.2 Å². The summed E-state index contributed by atoms with van der Waals surface area (Å²) in [5.74, 6) is 3.10. The van der Waals surface area contributed by atoms with E-state index in [2.05, 4.69) is 14.9 Å². The molecule has 3 aliphatic rings. The van der Waals surface area contributed by atoms with Crippen LogP contribution in [0.5, 0.6) is 0 Å². The molecule has 1 aromatic rings. The number of amides is 1. The van der Waals surface area contributed by atoms with Crippen LogP contribution in [0.3, 0.4) is 0 Å². The fourth-order valence-electron chi connectivity index (χ4n) is 4.99. The Hall–Kier alpha value is -1.49.